The maximum Gasteiger partial charge on any atom is 0.339 e. The second kappa shape index (κ2) is 5.58. The maximum atomic E-state index is 12.1. The number of aromatic nitrogens is 1. The topological polar surface area (TPSA) is 109 Å². The van der Waals surface area contributed by atoms with Crippen molar-refractivity contribution >= 4 is 16.0 Å². The average Bonchev–Trinajstić information content (AvgIpc) is 2.82. The van der Waals surface area contributed by atoms with Crippen LogP contribution in [0.1, 0.15) is 16.1 Å². The van der Waals surface area contributed by atoms with Gasteiger partial charge in [-0.3, -0.25) is 0 Å². The van der Waals surface area contributed by atoms with Gasteiger partial charge in [-0.1, -0.05) is 0 Å². The van der Waals surface area contributed by atoms with Crippen LogP contribution in [0, 0.1) is 0 Å². The van der Waals surface area contributed by atoms with Crippen LogP contribution in [0.2, 0.25) is 0 Å². The normalized spacial score (nSPS) is 11.5. The Morgan fingerprint density at radius 2 is 2.05 bits per heavy atom. The van der Waals surface area contributed by atoms with Crippen LogP contribution in [0.15, 0.2) is 41.4 Å². The summed E-state index contributed by atoms with van der Waals surface area (Å²) in [7, 11) is -2.08. The monoisotopic (exact) mass is 310 g/mol. The van der Waals surface area contributed by atoms with Gasteiger partial charge in [0.25, 0.3) is 0 Å². The number of sulfonamides is 1. The van der Waals surface area contributed by atoms with Crippen molar-refractivity contribution in [2.75, 3.05) is 0 Å². The summed E-state index contributed by atoms with van der Waals surface area (Å²) in [5.41, 5.74) is 0.299. The number of carboxylic acids is 1. The van der Waals surface area contributed by atoms with Gasteiger partial charge in [-0.2, -0.15) is 0 Å². The molecule has 1 aromatic heterocycles. The van der Waals surface area contributed by atoms with Gasteiger partial charge in [-0.15, -0.1) is 0 Å². The van der Waals surface area contributed by atoms with Gasteiger partial charge in [0, 0.05) is 18.9 Å². The molecule has 8 heteroatoms. The number of hydrogen-bond acceptors (Lipinski definition) is 4. The molecule has 0 atom stereocenters. The molecule has 1 heterocycles. The Hall–Kier alpha value is -2.32. The van der Waals surface area contributed by atoms with E-state index < -0.39 is 27.3 Å². The highest BCUT2D eigenvalue weighted by molar-refractivity contribution is 7.89. The minimum Gasteiger partial charge on any atom is -0.507 e. The minimum atomic E-state index is -3.86. The number of hydrogen-bond donors (Lipinski definition) is 3. The molecule has 0 unspecified atom stereocenters. The summed E-state index contributed by atoms with van der Waals surface area (Å²) in [6.07, 6.45) is 1.78. The summed E-state index contributed by atoms with van der Waals surface area (Å²) >= 11 is 0. The number of aromatic carboxylic acids is 1. The number of nitrogens with one attached hydrogen (secondary N) is 1. The van der Waals surface area contributed by atoms with E-state index in [4.69, 9.17) is 5.11 Å². The standard InChI is InChI=1S/C13H14N2O5S/c1-15-6-2-3-9(15)8-14-21(19,20)10-4-5-12(16)11(7-10)13(17)18/h2-7,14,16H,8H2,1H3,(H,17,18). The Morgan fingerprint density at radius 1 is 1.33 bits per heavy atom. The Bertz CT molecular complexity index is 780. The third-order valence-electron chi connectivity index (χ3n) is 3.00. The van der Waals surface area contributed by atoms with Crippen LogP contribution in [0.3, 0.4) is 0 Å². The Kier molecular flexibility index (Phi) is 4.01. The highest BCUT2D eigenvalue weighted by Gasteiger charge is 2.18. The summed E-state index contributed by atoms with van der Waals surface area (Å²) in [6, 6.07) is 6.66. The van der Waals surface area contributed by atoms with Crippen LogP contribution in [0.4, 0.5) is 0 Å². The van der Waals surface area contributed by atoms with Crippen LogP contribution in [0.25, 0.3) is 0 Å². The zero-order valence-corrected chi connectivity index (χ0v) is 12.0. The molecule has 0 aliphatic carbocycles. The maximum absolute atomic E-state index is 12.1. The van der Waals surface area contributed by atoms with Crippen LogP contribution < -0.4 is 4.72 Å². The van der Waals surface area contributed by atoms with Crippen molar-refractivity contribution in [3.63, 3.8) is 0 Å². The van der Waals surface area contributed by atoms with E-state index in [1.165, 1.54) is 0 Å². The Labute approximate surface area is 121 Å². The summed E-state index contributed by atoms with van der Waals surface area (Å²) in [4.78, 5) is 10.7. The number of carbonyl (C=O) groups is 1. The highest BCUT2D eigenvalue weighted by atomic mass is 32.2. The van der Waals surface area contributed by atoms with Crippen LogP contribution in [-0.4, -0.2) is 29.2 Å². The molecule has 0 radical (unpaired) electrons. The van der Waals surface area contributed by atoms with Crippen molar-refractivity contribution < 1.29 is 23.4 Å². The summed E-state index contributed by atoms with van der Waals surface area (Å²) < 4.78 is 28.4. The largest absolute Gasteiger partial charge is 0.507 e. The minimum absolute atomic E-state index is 0.0785. The molecule has 0 saturated heterocycles. The van der Waals surface area contributed by atoms with Crippen LogP contribution in [0.5, 0.6) is 5.75 Å². The van der Waals surface area contributed by atoms with Crippen molar-refractivity contribution in [3.05, 3.63) is 47.8 Å². The number of aromatic hydroxyl groups is 1. The lowest BCUT2D eigenvalue weighted by atomic mass is 10.2. The summed E-state index contributed by atoms with van der Waals surface area (Å²) in [6.45, 7) is 0.0785. The van der Waals surface area contributed by atoms with E-state index in [0.29, 0.717) is 0 Å². The molecule has 0 amide bonds. The van der Waals surface area contributed by atoms with Gasteiger partial charge in [0.1, 0.15) is 11.3 Å². The highest BCUT2D eigenvalue weighted by Crippen LogP contribution is 2.21. The lowest BCUT2D eigenvalue weighted by molar-refractivity contribution is 0.0693. The first-order valence-corrected chi connectivity index (χ1v) is 7.46. The number of benzene rings is 1. The SMILES string of the molecule is Cn1cccc1CNS(=O)(=O)c1ccc(O)c(C(=O)O)c1. The quantitative estimate of drug-likeness (QED) is 0.760. The number of phenols is 1. The summed E-state index contributed by atoms with van der Waals surface area (Å²) in [5, 5.41) is 18.3. The Balaban J connectivity index is 2.26. The molecule has 0 saturated carbocycles. The van der Waals surface area contributed by atoms with Gasteiger partial charge < -0.3 is 14.8 Å². The van der Waals surface area contributed by atoms with Gasteiger partial charge in [0.05, 0.1) is 11.4 Å². The number of nitrogens with zero attached hydrogens (tertiary/aromatic N) is 1. The molecule has 3 N–H and O–H groups in total. The van der Waals surface area contributed by atoms with E-state index in [1.54, 1.807) is 29.9 Å². The van der Waals surface area contributed by atoms with E-state index >= 15 is 0 Å². The van der Waals surface area contributed by atoms with Gasteiger partial charge in [-0.25, -0.2) is 17.9 Å². The summed E-state index contributed by atoms with van der Waals surface area (Å²) in [5.74, 6) is -1.88. The van der Waals surface area contributed by atoms with E-state index in [-0.39, 0.29) is 11.4 Å². The van der Waals surface area contributed by atoms with Gasteiger partial charge in [0.2, 0.25) is 10.0 Å². The lowest BCUT2D eigenvalue weighted by Gasteiger charge is -2.09. The molecule has 0 spiro atoms. The first-order valence-electron chi connectivity index (χ1n) is 5.97. The van der Waals surface area contributed by atoms with Crippen LogP contribution >= 0.6 is 0 Å². The molecular formula is C13H14N2O5S. The second-order valence-corrected chi connectivity index (χ2v) is 6.19. The van der Waals surface area contributed by atoms with Crippen molar-refractivity contribution in [1.82, 2.24) is 9.29 Å². The molecule has 112 valence electrons. The predicted molar refractivity (Wildman–Crippen MR) is 74.5 cm³/mol. The van der Waals surface area contributed by atoms with E-state index in [0.717, 1.165) is 23.9 Å². The lowest BCUT2D eigenvalue weighted by Crippen LogP contribution is -2.24. The van der Waals surface area contributed by atoms with Crippen LogP contribution in [-0.2, 0) is 23.6 Å². The van der Waals surface area contributed by atoms with Crippen molar-refractivity contribution in [3.8, 4) is 5.75 Å². The third kappa shape index (κ3) is 3.23. The zero-order valence-electron chi connectivity index (χ0n) is 11.1. The second-order valence-electron chi connectivity index (χ2n) is 4.42. The van der Waals surface area contributed by atoms with Gasteiger partial charge in [0.15, 0.2) is 0 Å². The van der Waals surface area contributed by atoms with E-state index in [1.807, 2.05) is 0 Å². The number of carboxylic acid groups (broad SMARTS) is 1. The molecule has 2 aromatic rings. The first-order chi connectivity index (χ1) is 9.81. The predicted octanol–water partition coefficient (Wildman–Crippen LogP) is 0.907. The number of aryl methyl sites for hydroxylation is 1. The Morgan fingerprint density at radius 3 is 2.62 bits per heavy atom. The fourth-order valence-electron chi connectivity index (χ4n) is 1.79. The van der Waals surface area contributed by atoms with Crippen molar-refractivity contribution in [2.24, 2.45) is 7.05 Å². The van der Waals surface area contributed by atoms with Crippen molar-refractivity contribution in [2.45, 2.75) is 11.4 Å². The molecule has 0 fully saturated rings. The first kappa shape index (κ1) is 15.1. The zero-order chi connectivity index (χ0) is 15.6. The fourth-order valence-corrected chi connectivity index (χ4v) is 2.81. The molecular weight excluding hydrogens is 296 g/mol. The van der Waals surface area contributed by atoms with Crippen molar-refractivity contribution in [1.29, 1.82) is 0 Å². The van der Waals surface area contributed by atoms with E-state index in [2.05, 4.69) is 4.72 Å². The average molecular weight is 310 g/mol. The molecule has 1 aromatic carbocycles. The molecule has 0 bridgehead atoms. The molecule has 0 aliphatic heterocycles. The third-order valence-corrected chi connectivity index (χ3v) is 4.40. The smallest absolute Gasteiger partial charge is 0.339 e. The molecule has 2 rings (SSSR count). The van der Waals surface area contributed by atoms with Gasteiger partial charge >= 0.3 is 5.97 Å². The molecule has 7 nitrogen and oxygen atoms in total. The molecule has 0 aliphatic rings. The fraction of sp³-hybridized carbons (Fsp3) is 0.154. The van der Waals surface area contributed by atoms with E-state index in [9.17, 15) is 18.3 Å². The molecule has 21 heavy (non-hydrogen) atoms. The van der Waals surface area contributed by atoms with Gasteiger partial charge in [-0.05, 0) is 30.3 Å². The number of rotatable bonds is 5.